The molecule has 1 aromatic rings. The van der Waals surface area contributed by atoms with E-state index in [4.69, 9.17) is 4.74 Å². The fourth-order valence-corrected chi connectivity index (χ4v) is 3.70. The first kappa shape index (κ1) is 15.5. The molecule has 3 rings (SSSR count). The lowest BCUT2D eigenvalue weighted by molar-refractivity contribution is -0.115. The molecule has 1 N–H and O–H groups in total. The maximum absolute atomic E-state index is 12.5. The first-order valence-corrected chi connectivity index (χ1v) is 8.28. The van der Waals surface area contributed by atoms with Crippen LogP contribution in [0.5, 0.6) is 0 Å². The summed E-state index contributed by atoms with van der Waals surface area (Å²) in [6, 6.07) is 2.34. The summed E-state index contributed by atoms with van der Waals surface area (Å²) in [7, 11) is 1.81. The Balaban J connectivity index is 1.60. The van der Waals surface area contributed by atoms with Crippen molar-refractivity contribution in [3.05, 3.63) is 18.0 Å². The molecule has 3 heterocycles. The molecule has 22 heavy (non-hydrogen) atoms. The van der Waals surface area contributed by atoms with E-state index in [9.17, 15) is 4.79 Å². The lowest BCUT2D eigenvalue weighted by atomic mass is 9.82. The largest absolute Gasteiger partial charge is 0.375 e. The number of hydrogen-bond acceptors (Lipinski definition) is 4. The molecule has 1 spiro atoms. The van der Waals surface area contributed by atoms with Crippen LogP contribution in [0, 0.1) is 0 Å². The summed E-state index contributed by atoms with van der Waals surface area (Å²) >= 11 is 0. The monoisotopic (exact) mass is 306 g/mol. The lowest BCUT2D eigenvalue weighted by Gasteiger charge is -2.46. The van der Waals surface area contributed by atoms with Crippen LogP contribution in [-0.2, 0) is 11.8 Å². The second kappa shape index (κ2) is 6.38. The van der Waals surface area contributed by atoms with Gasteiger partial charge < -0.3 is 15.0 Å². The van der Waals surface area contributed by atoms with Crippen molar-refractivity contribution in [2.75, 3.05) is 26.2 Å². The number of amides is 1. The molecule has 6 nitrogen and oxygen atoms in total. The highest BCUT2D eigenvalue weighted by Gasteiger charge is 2.41. The molecule has 0 aromatic carbocycles. The zero-order valence-electron chi connectivity index (χ0n) is 13.5. The van der Waals surface area contributed by atoms with Crippen molar-refractivity contribution < 1.29 is 9.53 Å². The summed E-state index contributed by atoms with van der Waals surface area (Å²) in [4.78, 5) is 14.5. The number of aromatic nitrogens is 2. The fourth-order valence-electron chi connectivity index (χ4n) is 3.70. The highest BCUT2D eigenvalue weighted by molar-refractivity contribution is 5.92. The number of ether oxygens (including phenoxy) is 1. The number of hydrogen-bond donors (Lipinski definition) is 1. The number of carbonyl (C=O) groups is 1. The van der Waals surface area contributed by atoms with E-state index in [1.54, 1.807) is 16.9 Å². The van der Waals surface area contributed by atoms with Crippen molar-refractivity contribution in [3.8, 4) is 0 Å². The molecule has 1 atom stereocenters. The first-order valence-electron chi connectivity index (χ1n) is 8.28. The topological polar surface area (TPSA) is 59.4 Å². The van der Waals surface area contributed by atoms with Crippen molar-refractivity contribution in [1.82, 2.24) is 20.0 Å². The van der Waals surface area contributed by atoms with Gasteiger partial charge in [-0.05, 0) is 38.3 Å². The molecule has 2 aliphatic heterocycles. The fraction of sp³-hybridized carbons (Fsp3) is 0.750. The Morgan fingerprint density at radius 2 is 2.27 bits per heavy atom. The van der Waals surface area contributed by atoms with Crippen molar-refractivity contribution in [2.24, 2.45) is 7.05 Å². The Labute approximate surface area is 131 Å². The van der Waals surface area contributed by atoms with Gasteiger partial charge in [-0.1, -0.05) is 6.92 Å². The Morgan fingerprint density at radius 3 is 2.91 bits per heavy atom. The van der Waals surface area contributed by atoms with Gasteiger partial charge in [0.05, 0.1) is 5.60 Å². The molecule has 0 bridgehead atoms. The van der Waals surface area contributed by atoms with Gasteiger partial charge in [-0.25, -0.2) is 0 Å². The third-order valence-corrected chi connectivity index (χ3v) is 4.99. The molecule has 2 saturated heterocycles. The van der Waals surface area contributed by atoms with Gasteiger partial charge in [-0.15, -0.1) is 0 Å². The number of piperidine rings is 1. The van der Waals surface area contributed by atoms with Crippen LogP contribution in [0.3, 0.4) is 0 Å². The number of likely N-dealkylation sites (tertiary alicyclic amines) is 1. The zero-order valence-corrected chi connectivity index (χ0v) is 13.5. The average molecular weight is 306 g/mol. The van der Waals surface area contributed by atoms with Gasteiger partial charge in [-0.3, -0.25) is 9.48 Å². The van der Waals surface area contributed by atoms with Crippen molar-refractivity contribution in [3.63, 3.8) is 0 Å². The van der Waals surface area contributed by atoms with E-state index in [0.29, 0.717) is 11.7 Å². The normalized spacial score (nSPS) is 24.6. The predicted octanol–water partition coefficient (Wildman–Crippen LogP) is 1.18. The van der Waals surface area contributed by atoms with E-state index in [0.717, 1.165) is 51.9 Å². The van der Waals surface area contributed by atoms with Crippen LogP contribution in [-0.4, -0.2) is 58.5 Å². The lowest BCUT2D eigenvalue weighted by Crippen LogP contribution is -2.54. The van der Waals surface area contributed by atoms with Gasteiger partial charge in [-0.2, -0.15) is 5.10 Å². The molecular weight excluding hydrogens is 280 g/mol. The van der Waals surface area contributed by atoms with Crippen LogP contribution < -0.4 is 5.32 Å². The summed E-state index contributed by atoms with van der Waals surface area (Å²) in [5, 5.41) is 7.63. The van der Waals surface area contributed by atoms with Crippen LogP contribution in [0.15, 0.2) is 12.3 Å². The van der Waals surface area contributed by atoms with E-state index in [1.807, 2.05) is 11.9 Å². The van der Waals surface area contributed by atoms with Gasteiger partial charge in [0, 0.05) is 39.0 Å². The highest BCUT2D eigenvalue weighted by atomic mass is 16.5. The Bertz CT molecular complexity index is 518. The van der Waals surface area contributed by atoms with E-state index >= 15 is 0 Å². The summed E-state index contributed by atoms with van der Waals surface area (Å²) in [6.07, 6.45) is 5.68. The van der Waals surface area contributed by atoms with Crippen LogP contribution in [0.1, 0.15) is 43.1 Å². The van der Waals surface area contributed by atoms with Crippen LogP contribution in [0.25, 0.3) is 0 Å². The van der Waals surface area contributed by atoms with Crippen LogP contribution in [0.4, 0.5) is 0 Å². The maximum atomic E-state index is 12.5. The molecule has 0 aliphatic carbocycles. The summed E-state index contributed by atoms with van der Waals surface area (Å²) in [6.45, 7) is 5.52. The summed E-state index contributed by atoms with van der Waals surface area (Å²) < 4.78 is 7.77. The standard InChI is InChI=1S/C16H26N4O2/c1-3-17-13-5-11-22-16(12-13)6-9-20(10-7-16)15(21)14-4-8-18-19(14)2/h4,8,13,17H,3,5-7,9-12H2,1-2H3/t13-/m0/s1. The number of nitrogens with zero attached hydrogens (tertiary/aromatic N) is 3. The summed E-state index contributed by atoms with van der Waals surface area (Å²) in [5.41, 5.74) is 0.625. The minimum absolute atomic E-state index is 0.0334. The van der Waals surface area contributed by atoms with Gasteiger partial charge in [0.2, 0.25) is 0 Å². The SMILES string of the molecule is CCN[C@H]1CCOC2(CCN(C(=O)c3ccnn3C)CC2)C1. The minimum Gasteiger partial charge on any atom is -0.375 e. The number of aryl methyl sites for hydroxylation is 1. The predicted molar refractivity (Wildman–Crippen MR) is 83.7 cm³/mol. The number of nitrogens with one attached hydrogen (secondary N) is 1. The number of carbonyl (C=O) groups excluding carboxylic acids is 1. The second-order valence-electron chi connectivity index (χ2n) is 6.41. The molecule has 1 aromatic heterocycles. The molecule has 6 heteroatoms. The average Bonchev–Trinajstić information content (AvgIpc) is 2.94. The van der Waals surface area contributed by atoms with Crippen LogP contribution >= 0.6 is 0 Å². The van der Waals surface area contributed by atoms with E-state index in [2.05, 4.69) is 17.3 Å². The highest BCUT2D eigenvalue weighted by Crippen LogP contribution is 2.35. The first-order chi connectivity index (χ1) is 10.6. The van der Waals surface area contributed by atoms with Crippen molar-refractivity contribution >= 4 is 5.91 Å². The molecule has 2 fully saturated rings. The van der Waals surface area contributed by atoms with Gasteiger partial charge >= 0.3 is 0 Å². The number of rotatable bonds is 3. The van der Waals surface area contributed by atoms with Crippen molar-refractivity contribution in [1.29, 1.82) is 0 Å². The molecule has 1 amide bonds. The third kappa shape index (κ3) is 3.03. The summed E-state index contributed by atoms with van der Waals surface area (Å²) in [5.74, 6) is 0.0777. The molecule has 2 aliphatic rings. The van der Waals surface area contributed by atoms with E-state index in [-0.39, 0.29) is 11.5 Å². The van der Waals surface area contributed by atoms with Gasteiger partial charge in [0.15, 0.2) is 0 Å². The van der Waals surface area contributed by atoms with Crippen molar-refractivity contribution in [2.45, 2.75) is 44.2 Å². The quantitative estimate of drug-likeness (QED) is 0.911. The smallest absolute Gasteiger partial charge is 0.272 e. The van der Waals surface area contributed by atoms with Gasteiger partial charge in [0.1, 0.15) is 5.69 Å². The molecule has 0 radical (unpaired) electrons. The van der Waals surface area contributed by atoms with Crippen LogP contribution in [0.2, 0.25) is 0 Å². The molecular formula is C16H26N4O2. The zero-order chi connectivity index (χ0) is 15.6. The Hall–Kier alpha value is -1.40. The molecule has 122 valence electrons. The second-order valence-corrected chi connectivity index (χ2v) is 6.41. The molecule has 0 unspecified atom stereocenters. The Kier molecular flexibility index (Phi) is 4.49. The van der Waals surface area contributed by atoms with E-state index in [1.165, 1.54) is 0 Å². The van der Waals surface area contributed by atoms with Gasteiger partial charge in [0.25, 0.3) is 5.91 Å². The maximum Gasteiger partial charge on any atom is 0.272 e. The third-order valence-electron chi connectivity index (χ3n) is 4.99. The Morgan fingerprint density at radius 1 is 1.50 bits per heavy atom. The molecule has 0 saturated carbocycles. The van der Waals surface area contributed by atoms with E-state index < -0.39 is 0 Å². The minimum atomic E-state index is -0.0334.